The van der Waals surface area contributed by atoms with Crippen LogP contribution in [0.2, 0.25) is 0 Å². The number of carbonyl (C=O) groups excluding carboxylic acids is 1. The molecular weight excluding hydrogens is 304 g/mol. The van der Waals surface area contributed by atoms with Crippen molar-refractivity contribution in [2.75, 3.05) is 12.0 Å². The molecule has 3 N–H and O–H groups in total. The van der Waals surface area contributed by atoms with Crippen molar-refractivity contribution < 1.29 is 4.79 Å². The van der Waals surface area contributed by atoms with E-state index in [0.29, 0.717) is 13.0 Å². The molecular formula is C19H24N2OS. The van der Waals surface area contributed by atoms with Crippen molar-refractivity contribution >= 4 is 17.7 Å². The molecule has 0 spiro atoms. The summed E-state index contributed by atoms with van der Waals surface area (Å²) in [5.74, 6) is 0.821. The van der Waals surface area contributed by atoms with Crippen LogP contribution in [0.5, 0.6) is 0 Å². The molecule has 0 aliphatic rings. The van der Waals surface area contributed by atoms with Crippen molar-refractivity contribution in [3.63, 3.8) is 0 Å². The molecule has 1 amide bonds. The monoisotopic (exact) mass is 328 g/mol. The van der Waals surface area contributed by atoms with Gasteiger partial charge >= 0.3 is 0 Å². The van der Waals surface area contributed by atoms with Crippen molar-refractivity contribution in [1.29, 1.82) is 0 Å². The van der Waals surface area contributed by atoms with Crippen LogP contribution in [0.4, 0.5) is 0 Å². The number of rotatable bonds is 7. The topological polar surface area (TPSA) is 55.1 Å². The standard InChI is InChI=1S/C19H24N2OS/c1-14-4-3-5-17(12-14)16-8-6-15(7-9-16)13-21-19(22)18(20)10-11-23-2/h3-9,12,18H,10-11,13,20H2,1-2H3,(H,21,22)/t18-/m0/s1. The number of hydrogen-bond acceptors (Lipinski definition) is 3. The number of benzene rings is 2. The van der Waals surface area contributed by atoms with Crippen LogP contribution in [0.25, 0.3) is 11.1 Å². The Morgan fingerprint density at radius 1 is 1.17 bits per heavy atom. The molecule has 0 radical (unpaired) electrons. The van der Waals surface area contributed by atoms with E-state index in [1.165, 1.54) is 16.7 Å². The minimum atomic E-state index is -0.422. The molecule has 2 aromatic rings. The lowest BCUT2D eigenvalue weighted by Crippen LogP contribution is -2.40. The summed E-state index contributed by atoms with van der Waals surface area (Å²) in [5.41, 5.74) is 10.6. The summed E-state index contributed by atoms with van der Waals surface area (Å²) in [5, 5.41) is 2.90. The summed E-state index contributed by atoms with van der Waals surface area (Å²) in [6.07, 6.45) is 2.72. The molecule has 4 heteroatoms. The van der Waals surface area contributed by atoms with Crippen LogP contribution in [0.3, 0.4) is 0 Å². The molecule has 0 saturated carbocycles. The minimum absolute atomic E-state index is 0.0817. The molecule has 0 aromatic heterocycles. The lowest BCUT2D eigenvalue weighted by atomic mass is 10.0. The molecule has 3 nitrogen and oxygen atoms in total. The second-order valence-electron chi connectivity index (χ2n) is 5.67. The highest BCUT2D eigenvalue weighted by molar-refractivity contribution is 7.98. The highest BCUT2D eigenvalue weighted by Gasteiger charge is 2.12. The fourth-order valence-electron chi connectivity index (χ4n) is 2.34. The van der Waals surface area contributed by atoms with Crippen molar-refractivity contribution in [2.45, 2.75) is 25.9 Å². The number of nitrogens with one attached hydrogen (secondary N) is 1. The van der Waals surface area contributed by atoms with Crippen molar-refractivity contribution in [2.24, 2.45) is 5.73 Å². The van der Waals surface area contributed by atoms with Gasteiger partial charge in [-0.15, -0.1) is 0 Å². The van der Waals surface area contributed by atoms with Crippen molar-refractivity contribution in [1.82, 2.24) is 5.32 Å². The van der Waals surface area contributed by atoms with E-state index in [-0.39, 0.29) is 5.91 Å². The third-order valence-electron chi connectivity index (χ3n) is 3.74. The second-order valence-corrected chi connectivity index (χ2v) is 6.66. The van der Waals surface area contributed by atoms with Gasteiger partial charge in [0.1, 0.15) is 0 Å². The van der Waals surface area contributed by atoms with Gasteiger partial charge in [-0.3, -0.25) is 4.79 Å². The predicted molar refractivity (Wildman–Crippen MR) is 99.4 cm³/mol. The summed E-state index contributed by atoms with van der Waals surface area (Å²) >= 11 is 1.70. The summed E-state index contributed by atoms with van der Waals surface area (Å²) in [4.78, 5) is 11.9. The third-order valence-corrected chi connectivity index (χ3v) is 4.39. The van der Waals surface area contributed by atoms with Crippen LogP contribution in [-0.2, 0) is 11.3 Å². The van der Waals surface area contributed by atoms with Crippen LogP contribution in [0, 0.1) is 6.92 Å². The summed E-state index contributed by atoms with van der Waals surface area (Å²) in [6.45, 7) is 2.60. The predicted octanol–water partition coefficient (Wildman–Crippen LogP) is 3.36. The van der Waals surface area contributed by atoms with Crippen LogP contribution < -0.4 is 11.1 Å². The molecule has 122 valence electrons. The highest BCUT2D eigenvalue weighted by atomic mass is 32.2. The molecule has 2 aromatic carbocycles. The molecule has 0 fully saturated rings. The Morgan fingerprint density at radius 2 is 1.91 bits per heavy atom. The van der Waals surface area contributed by atoms with Gasteiger partial charge in [0, 0.05) is 6.54 Å². The first-order chi connectivity index (χ1) is 11.1. The summed E-state index contributed by atoms with van der Waals surface area (Å²) in [6, 6.07) is 16.3. The summed E-state index contributed by atoms with van der Waals surface area (Å²) in [7, 11) is 0. The van der Waals surface area contributed by atoms with Gasteiger partial charge in [0.2, 0.25) is 5.91 Å². The quantitative estimate of drug-likeness (QED) is 0.819. The Bertz CT molecular complexity index is 640. The Kier molecular flexibility index (Phi) is 6.68. The lowest BCUT2D eigenvalue weighted by Gasteiger charge is -2.12. The molecule has 0 aliphatic heterocycles. The van der Waals surface area contributed by atoms with Crippen LogP contribution in [-0.4, -0.2) is 24.0 Å². The van der Waals surface area contributed by atoms with E-state index in [9.17, 15) is 4.79 Å². The first kappa shape index (κ1) is 17.6. The lowest BCUT2D eigenvalue weighted by molar-refractivity contribution is -0.122. The maximum absolute atomic E-state index is 11.9. The number of amides is 1. The van der Waals surface area contributed by atoms with Crippen LogP contribution >= 0.6 is 11.8 Å². The Morgan fingerprint density at radius 3 is 2.57 bits per heavy atom. The van der Waals surface area contributed by atoms with Gasteiger partial charge in [-0.2, -0.15) is 11.8 Å². The third kappa shape index (κ3) is 5.41. The number of thioether (sulfide) groups is 1. The zero-order valence-electron chi connectivity index (χ0n) is 13.7. The number of nitrogens with two attached hydrogens (primary N) is 1. The Labute approximate surface area is 142 Å². The van der Waals surface area contributed by atoms with Gasteiger partial charge in [0.25, 0.3) is 0 Å². The van der Waals surface area contributed by atoms with Gasteiger partial charge in [-0.25, -0.2) is 0 Å². The second kappa shape index (κ2) is 8.75. The molecule has 0 bridgehead atoms. The van der Waals surface area contributed by atoms with E-state index in [4.69, 9.17) is 5.73 Å². The van der Waals surface area contributed by atoms with E-state index < -0.39 is 6.04 Å². The molecule has 0 heterocycles. The number of hydrogen-bond donors (Lipinski definition) is 2. The van der Waals surface area contributed by atoms with Crippen molar-refractivity contribution in [3.8, 4) is 11.1 Å². The van der Waals surface area contributed by atoms with E-state index in [2.05, 4.69) is 48.6 Å². The van der Waals surface area contributed by atoms with E-state index in [1.54, 1.807) is 11.8 Å². The molecule has 0 unspecified atom stereocenters. The zero-order valence-corrected chi connectivity index (χ0v) is 14.5. The average molecular weight is 328 g/mol. The molecule has 1 atom stereocenters. The number of carbonyl (C=O) groups is 1. The van der Waals surface area contributed by atoms with Crippen LogP contribution in [0.15, 0.2) is 48.5 Å². The average Bonchev–Trinajstić information content (AvgIpc) is 2.58. The van der Waals surface area contributed by atoms with Gasteiger partial charge in [-0.1, -0.05) is 54.1 Å². The maximum Gasteiger partial charge on any atom is 0.237 e. The maximum atomic E-state index is 11.9. The molecule has 23 heavy (non-hydrogen) atoms. The molecule has 0 aliphatic carbocycles. The van der Waals surface area contributed by atoms with E-state index in [0.717, 1.165) is 11.3 Å². The van der Waals surface area contributed by atoms with Crippen molar-refractivity contribution in [3.05, 3.63) is 59.7 Å². The largest absolute Gasteiger partial charge is 0.351 e. The first-order valence-corrected chi connectivity index (χ1v) is 9.17. The summed E-state index contributed by atoms with van der Waals surface area (Å²) < 4.78 is 0. The van der Waals surface area contributed by atoms with Gasteiger partial charge in [-0.05, 0) is 42.0 Å². The Hall–Kier alpha value is -1.78. The smallest absolute Gasteiger partial charge is 0.237 e. The van der Waals surface area contributed by atoms with E-state index >= 15 is 0 Å². The van der Waals surface area contributed by atoms with Gasteiger partial charge in [0.15, 0.2) is 0 Å². The molecule has 0 saturated heterocycles. The first-order valence-electron chi connectivity index (χ1n) is 7.78. The van der Waals surface area contributed by atoms with Crippen LogP contribution in [0.1, 0.15) is 17.5 Å². The highest BCUT2D eigenvalue weighted by Crippen LogP contribution is 2.20. The fourth-order valence-corrected chi connectivity index (χ4v) is 2.83. The molecule has 2 rings (SSSR count). The zero-order chi connectivity index (χ0) is 16.7. The SMILES string of the molecule is CSCC[C@H](N)C(=O)NCc1ccc(-c2cccc(C)c2)cc1. The van der Waals surface area contributed by atoms with E-state index in [1.807, 2.05) is 18.4 Å². The minimum Gasteiger partial charge on any atom is -0.351 e. The number of aryl methyl sites for hydroxylation is 1. The Balaban J connectivity index is 1.91. The van der Waals surface area contributed by atoms with Gasteiger partial charge in [0.05, 0.1) is 6.04 Å². The van der Waals surface area contributed by atoms with Gasteiger partial charge < -0.3 is 11.1 Å². The fraction of sp³-hybridized carbons (Fsp3) is 0.316. The normalized spacial score (nSPS) is 12.0.